The number of nitrogens with zero attached hydrogens (tertiary/aromatic N) is 1. The number of nitrogens with one attached hydrogen (secondary N) is 2. The van der Waals surface area contributed by atoms with Crippen LogP contribution in [0.15, 0.2) is 30.5 Å². The minimum Gasteiger partial charge on any atom is -0.379 e. The fraction of sp³-hybridized carbons (Fsp3) is 0.438. The van der Waals surface area contributed by atoms with E-state index in [0.29, 0.717) is 6.10 Å². The van der Waals surface area contributed by atoms with Crippen LogP contribution in [0.4, 0.5) is 0 Å². The van der Waals surface area contributed by atoms with Gasteiger partial charge in [0.1, 0.15) is 0 Å². The maximum absolute atomic E-state index is 5.92. The predicted octanol–water partition coefficient (Wildman–Crippen LogP) is 3.63. The van der Waals surface area contributed by atoms with E-state index in [0.717, 1.165) is 48.0 Å². The third kappa shape index (κ3) is 5.16. The first-order chi connectivity index (χ1) is 10.2. The minimum atomic E-state index is 0.301. The Labute approximate surface area is 130 Å². The quantitative estimate of drug-likeness (QED) is 0.732. The number of ether oxygens (including phenoxy) is 1. The molecule has 2 rings (SSSR count). The first-order valence-corrected chi connectivity index (χ1v) is 7.65. The smallest absolute Gasteiger partial charge is 0.0695 e. The van der Waals surface area contributed by atoms with Gasteiger partial charge in [0.25, 0.3) is 0 Å². The Morgan fingerprint density at radius 3 is 2.76 bits per heavy atom. The second-order valence-corrected chi connectivity index (χ2v) is 5.66. The van der Waals surface area contributed by atoms with Crippen LogP contribution < -0.4 is 5.32 Å². The Balaban J connectivity index is 1.82. The number of hydrogen-bond acceptors (Lipinski definition) is 3. The zero-order chi connectivity index (χ0) is 15.1. The van der Waals surface area contributed by atoms with Gasteiger partial charge in [0, 0.05) is 23.7 Å². The molecule has 0 amide bonds. The Bertz CT molecular complexity index is 537. The van der Waals surface area contributed by atoms with E-state index in [1.54, 1.807) is 0 Å². The molecule has 0 aliphatic carbocycles. The summed E-state index contributed by atoms with van der Waals surface area (Å²) in [7, 11) is 0. The van der Waals surface area contributed by atoms with Crippen LogP contribution in [0.3, 0.4) is 0 Å². The van der Waals surface area contributed by atoms with Crippen molar-refractivity contribution in [1.29, 1.82) is 0 Å². The molecule has 0 spiro atoms. The SMILES string of the molecule is CC(C)OCCCNCc1cn[nH]c1-c1ccc(Cl)cc1. The summed E-state index contributed by atoms with van der Waals surface area (Å²) in [5.41, 5.74) is 3.29. The lowest BCUT2D eigenvalue weighted by atomic mass is 10.1. The summed E-state index contributed by atoms with van der Waals surface area (Å²) in [6.07, 6.45) is 3.17. The van der Waals surface area contributed by atoms with Crippen LogP contribution in [0.5, 0.6) is 0 Å². The molecule has 4 nitrogen and oxygen atoms in total. The first kappa shape index (κ1) is 16.0. The summed E-state index contributed by atoms with van der Waals surface area (Å²) in [5.74, 6) is 0. The van der Waals surface area contributed by atoms with Crippen LogP contribution >= 0.6 is 11.6 Å². The van der Waals surface area contributed by atoms with Gasteiger partial charge in [0.2, 0.25) is 0 Å². The first-order valence-electron chi connectivity index (χ1n) is 7.27. The third-order valence-electron chi connectivity index (χ3n) is 3.12. The number of hydrogen-bond donors (Lipinski definition) is 2. The van der Waals surface area contributed by atoms with Crippen LogP contribution in [-0.4, -0.2) is 29.5 Å². The molecular weight excluding hydrogens is 286 g/mol. The summed E-state index contributed by atoms with van der Waals surface area (Å²) in [4.78, 5) is 0. The molecule has 0 saturated carbocycles. The lowest BCUT2D eigenvalue weighted by Crippen LogP contribution is -2.17. The van der Waals surface area contributed by atoms with Crippen molar-refractivity contribution in [2.75, 3.05) is 13.2 Å². The highest BCUT2D eigenvalue weighted by atomic mass is 35.5. The topological polar surface area (TPSA) is 49.9 Å². The summed E-state index contributed by atoms with van der Waals surface area (Å²) >= 11 is 5.92. The minimum absolute atomic E-state index is 0.301. The standard InChI is InChI=1S/C16H22ClN3O/c1-12(2)21-9-3-8-18-10-14-11-19-20-16(14)13-4-6-15(17)7-5-13/h4-7,11-12,18H,3,8-10H2,1-2H3,(H,19,20). The van der Waals surface area contributed by atoms with Crippen molar-refractivity contribution in [1.82, 2.24) is 15.5 Å². The second kappa shape index (κ2) is 8.17. The zero-order valence-electron chi connectivity index (χ0n) is 12.5. The molecule has 21 heavy (non-hydrogen) atoms. The average Bonchev–Trinajstić information content (AvgIpc) is 2.91. The van der Waals surface area contributed by atoms with E-state index in [1.165, 1.54) is 0 Å². The number of halogens is 1. The second-order valence-electron chi connectivity index (χ2n) is 5.23. The summed E-state index contributed by atoms with van der Waals surface area (Å²) < 4.78 is 5.51. The van der Waals surface area contributed by atoms with Crippen molar-refractivity contribution in [3.05, 3.63) is 41.0 Å². The van der Waals surface area contributed by atoms with Crippen molar-refractivity contribution in [3.8, 4) is 11.3 Å². The van der Waals surface area contributed by atoms with E-state index in [2.05, 4.69) is 29.4 Å². The van der Waals surface area contributed by atoms with Crippen LogP contribution in [0.1, 0.15) is 25.8 Å². The molecule has 1 heterocycles. The van der Waals surface area contributed by atoms with Crippen LogP contribution in [0.25, 0.3) is 11.3 Å². The molecule has 0 fully saturated rings. The number of aromatic nitrogens is 2. The molecule has 1 aromatic carbocycles. The fourth-order valence-corrected chi connectivity index (χ4v) is 2.18. The van der Waals surface area contributed by atoms with E-state index in [4.69, 9.17) is 16.3 Å². The van der Waals surface area contributed by atoms with E-state index in [9.17, 15) is 0 Å². The molecular formula is C16H22ClN3O. The predicted molar refractivity (Wildman–Crippen MR) is 86.4 cm³/mol. The van der Waals surface area contributed by atoms with Gasteiger partial charge in [-0.05, 0) is 44.5 Å². The Morgan fingerprint density at radius 1 is 1.29 bits per heavy atom. The highest BCUT2D eigenvalue weighted by molar-refractivity contribution is 6.30. The molecule has 0 bridgehead atoms. The number of H-pyrrole nitrogens is 1. The average molecular weight is 308 g/mol. The molecule has 0 unspecified atom stereocenters. The monoisotopic (exact) mass is 307 g/mol. The molecule has 2 N–H and O–H groups in total. The highest BCUT2D eigenvalue weighted by Gasteiger charge is 2.07. The molecule has 5 heteroatoms. The van der Waals surface area contributed by atoms with Crippen molar-refractivity contribution in [3.63, 3.8) is 0 Å². The van der Waals surface area contributed by atoms with Crippen LogP contribution in [0, 0.1) is 0 Å². The Hall–Kier alpha value is -1.36. The Morgan fingerprint density at radius 2 is 2.05 bits per heavy atom. The van der Waals surface area contributed by atoms with Gasteiger partial charge < -0.3 is 10.1 Å². The van der Waals surface area contributed by atoms with Crippen molar-refractivity contribution in [2.45, 2.75) is 32.9 Å². The van der Waals surface area contributed by atoms with Gasteiger partial charge in [-0.2, -0.15) is 5.10 Å². The van der Waals surface area contributed by atoms with Gasteiger partial charge >= 0.3 is 0 Å². The van der Waals surface area contributed by atoms with Crippen molar-refractivity contribution < 1.29 is 4.74 Å². The molecule has 114 valence electrons. The fourth-order valence-electron chi connectivity index (χ4n) is 2.05. The van der Waals surface area contributed by atoms with Gasteiger partial charge in [0.15, 0.2) is 0 Å². The van der Waals surface area contributed by atoms with Gasteiger partial charge in [-0.3, -0.25) is 5.10 Å². The van der Waals surface area contributed by atoms with Crippen LogP contribution in [-0.2, 0) is 11.3 Å². The number of rotatable bonds is 8. The van der Waals surface area contributed by atoms with E-state index < -0.39 is 0 Å². The van der Waals surface area contributed by atoms with Gasteiger partial charge in [0.05, 0.1) is 18.0 Å². The molecule has 0 aliphatic heterocycles. The van der Waals surface area contributed by atoms with E-state index in [1.807, 2.05) is 30.5 Å². The van der Waals surface area contributed by atoms with E-state index in [-0.39, 0.29) is 0 Å². The molecule has 0 atom stereocenters. The number of benzene rings is 1. The lowest BCUT2D eigenvalue weighted by Gasteiger charge is -2.08. The number of aromatic amines is 1. The normalized spacial score (nSPS) is 11.2. The van der Waals surface area contributed by atoms with Crippen molar-refractivity contribution in [2.24, 2.45) is 0 Å². The molecule has 2 aromatic rings. The maximum Gasteiger partial charge on any atom is 0.0695 e. The third-order valence-corrected chi connectivity index (χ3v) is 3.37. The molecule has 0 radical (unpaired) electrons. The largest absolute Gasteiger partial charge is 0.379 e. The van der Waals surface area contributed by atoms with Crippen molar-refractivity contribution >= 4 is 11.6 Å². The highest BCUT2D eigenvalue weighted by Crippen LogP contribution is 2.22. The molecule has 1 aromatic heterocycles. The summed E-state index contributed by atoms with van der Waals surface area (Å²) in [5, 5.41) is 11.3. The Kier molecular flexibility index (Phi) is 6.23. The van der Waals surface area contributed by atoms with E-state index >= 15 is 0 Å². The molecule has 0 aliphatic rings. The maximum atomic E-state index is 5.92. The van der Waals surface area contributed by atoms with Gasteiger partial charge in [-0.1, -0.05) is 23.7 Å². The summed E-state index contributed by atoms with van der Waals surface area (Å²) in [6, 6.07) is 7.77. The van der Waals surface area contributed by atoms with Gasteiger partial charge in [-0.25, -0.2) is 0 Å². The molecule has 0 saturated heterocycles. The zero-order valence-corrected chi connectivity index (χ0v) is 13.3. The van der Waals surface area contributed by atoms with Gasteiger partial charge in [-0.15, -0.1) is 0 Å². The summed E-state index contributed by atoms with van der Waals surface area (Å²) in [6.45, 7) is 6.61. The lowest BCUT2D eigenvalue weighted by molar-refractivity contribution is 0.0770. The van der Waals surface area contributed by atoms with Crippen LogP contribution in [0.2, 0.25) is 5.02 Å².